The van der Waals surface area contributed by atoms with Crippen LogP contribution in [0.25, 0.3) is 0 Å². The summed E-state index contributed by atoms with van der Waals surface area (Å²) in [7, 11) is 0. The van der Waals surface area contributed by atoms with E-state index in [2.05, 4.69) is 12.2 Å². The van der Waals surface area contributed by atoms with Gasteiger partial charge in [0, 0.05) is 12.1 Å². The summed E-state index contributed by atoms with van der Waals surface area (Å²) in [5.41, 5.74) is 0.270. The lowest BCUT2D eigenvalue weighted by atomic mass is 9.96. The lowest BCUT2D eigenvalue weighted by Gasteiger charge is -2.26. The summed E-state index contributed by atoms with van der Waals surface area (Å²) in [5.74, 6) is 0.921. The Morgan fingerprint density at radius 1 is 1.20 bits per heavy atom. The quantitative estimate of drug-likeness (QED) is 0.725. The highest BCUT2D eigenvalue weighted by Gasteiger charge is 2.29. The van der Waals surface area contributed by atoms with Gasteiger partial charge in [0.2, 0.25) is 0 Å². The molecule has 1 heterocycles. The van der Waals surface area contributed by atoms with Crippen LogP contribution in [-0.4, -0.2) is 25.3 Å². The van der Waals surface area contributed by atoms with Gasteiger partial charge < -0.3 is 10.1 Å². The van der Waals surface area contributed by atoms with Crippen molar-refractivity contribution in [2.45, 2.75) is 57.4 Å². The summed E-state index contributed by atoms with van der Waals surface area (Å²) in [6, 6.07) is 0. The second-order valence-corrected chi connectivity index (χ2v) is 5.60. The molecule has 0 aromatic carbocycles. The first-order valence-electron chi connectivity index (χ1n) is 6.61. The van der Waals surface area contributed by atoms with Crippen molar-refractivity contribution in [1.82, 2.24) is 5.32 Å². The van der Waals surface area contributed by atoms with Crippen LogP contribution in [0.15, 0.2) is 0 Å². The van der Waals surface area contributed by atoms with Crippen molar-refractivity contribution in [3.8, 4) is 0 Å². The minimum Gasteiger partial charge on any atom is -0.379 e. The van der Waals surface area contributed by atoms with Gasteiger partial charge in [-0.25, -0.2) is 0 Å². The summed E-state index contributed by atoms with van der Waals surface area (Å²) in [4.78, 5) is 0. The van der Waals surface area contributed by atoms with Crippen molar-refractivity contribution in [3.63, 3.8) is 0 Å². The topological polar surface area (TPSA) is 21.3 Å². The Balaban J connectivity index is 1.71. The minimum absolute atomic E-state index is 0.270. The molecule has 2 rings (SSSR count). The van der Waals surface area contributed by atoms with Gasteiger partial charge in [-0.2, -0.15) is 0 Å². The van der Waals surface area contributed by atoms with Crippen LogP contribution in [-0.2, 0) is 4.74 Å². The van der Waals surface area contributed by atoms with Crippen molar-refractivity contribution >= 4 is 0 Å². The monoisotopic (exact) mass is 211 g/mol. The minimum atomic E-state index is 0.270. The summed E-state index contributed by atoms with van der Waals surface area (Å²) >= 11 is 0. The molecule has 1 saturated heterocycles. The van der Waals surface area contributed by atoms with Crippen LogP contribution < -0.4 is 5.32 Å². The molecule has 2 aliphatic rings. The fraction of sp³-hybridized carbons (Fsp3) is 1.00. The molecule has 0 aromatic heterocycles. The number of ether oxygens (including phenoxy) is 1. The molecular weight excluding hydrogens is 186 g/mol. The molecule has 2 nitrogen and oxygen atoms in total. The summed E-state index contributed by atoms with van der Waals surface area (Å²) < 4.78 is 5.46. The van der Waals surface area contributed by atoms with E-state index in [9.17, 15) is 0 Å². The van der Waals surface area contributed by atoms with Gasteiger partial charge in [-0.05, 0) is 38.6 Å². The zero-order valence-electron chi connectivity index (χ0n) is 10.1. The van der Waals surface area contributed by atoms with Crippen molar-refractivity contribution in [2.24, 2.45) is 5.92 Å². The van der Waals surface area contributed by atoms with Gasteiger partial charge in [0.1, 0.15) is 0 Å². The molecule has 1 aliphatic heterocycles. The molecule has 1 aliphatic carbocycles. The van der Waals surface area contributed by atoms with Gasteiger partial charge in [0.15, 0.2) is 0 Å². The maximum Gasteiger partial charge on any atom is 0.0646 e. The molecule has 1 saturated carbocycles. The third-order valence-corrected chi connectivity index (χ3v) is 4.01. The molecule has 88 valence electrons. The Labute approximate surface area is 93.8 Å². The first-order valence-corrected chi connectivity index (χ1v) is 6.61. The Hall–Kier alpha value is -0.0800. The molecule has 2 fully saturated rings. The molecule has 1 atom stereocenters. The standard InChI is InChI=1S/C13H25NO/c1-13(8-9-15-11-13)14-10-12-6-4-2-3-5-7-12/h12,14H,2-11H2,1H3. The van der Waals surface area contributed by atoms with Crippen LogP contribution in [0.3, 0.4) is 0 Å². The lowest BCUT2D eigenvalue weighted by molar-refractivity contribution is 0.169. The second kappa shape index (κ2) is 5.31. The van der Waals surface area contributed by atoms with Crippen LogP contribution in [0.2, 0.25) is 0 Å². The van der Waals surface area contributed by atoms with E-state index in [0.29, 0.717) is 0 Å². The maximum absolute atomic E-state index is 5.46. The second-order valence-electron chi connectivity index (χ2n) is 5.60. The van der Waals surface area contributed by atoms with E-state index in [1.54, 1.807) is 0 Å². The largest absolute Gasteiger partial charge is 0.379 e. The predicted molar refractivity (Wildman–Crippen MR) is 63.0 cm³/mol. The highest BCUT2D eigenvalue weighted by atomic mass is 16.5. The van der Waals surface area contributed by atoms with E-state index in [4.69, 9.17) is 4.74 Å². The van der Waals surface area contributed by atoms with Gasteiger partial charge in [0.05, 0.1) is 6.61 Å². The van der Waals surface area contributed by atoms with Gasteiger partial charge in [-0.3, -0.25) is 0 Å². The van der Waals surface area contributed by atoms with E-state index in [-0.39, 0.29) is 5.54 Å². The van der Waals surface area contributed by atoms with Gasteiger partial charge in [-0.1, -0.05) is 25.7 Å². The van der Waals surface area contributed by atoms with E-state index in [1.807, 2.05) is 0 Å². The normalized spacial score (nSPS) is 34.2. The Bertz CT molecular complexity index is 179. The zero-order valence-corrected chi connectivity index (χ0v) is 10.1. The first-order chi connectivity index (χ1) is 7.29. The highest BCUT2D eigenvalue weighted by molar-refractivity contribution is 4.87. The average Bonchev–Trinajstić information content (AvgIpc) is 2.53. The Morgan fingerprint density at radius 2 is 1.93 bits per heavy atom. The van der Waals surface area contributed by atoms with Crippen molar-refractivity contribution < 1.29 is 4.74 Å². The fourth-order valence-corrected chi connectivity index (χ4v) is 2.77. The Kier molecular flexibility index (Phi) is 4.04. The van der Waals surface area contributed by atoms with E-state index < -0.39 is 0 Å². The summed E-state index contributed by atoms with van der Waals surface area (Å²) in [6.07, 6.45) is 9.85. The van der Waals surface area contributed by atoms with Crippen LogP contribution in [0.4, 0.5) is 0 Å². The number of nitrogens with one attached hydrogen (secondary N) is 1. The predicted octanol–water partition coefficient (Wildman–Crippen LogP) is 2.73. The van der Waals surface area contributed by atoms with Crippen molar-refractivity contribution in [3.05, 3.63) is 0 Å². The van der Waals surface area contributed by atoms with Crippen LogP contribution in [0.1, 0.15) is 51.9 Å². The van der Waals surface area contributed by atoms with Gasteiger partial charge >= 0.3 is 0 Å². The SMILES string of the molecule is CC1(NCC2CCCCCC2)CCOC1. The van der Waals surface area contributed by atoms with E-state index >= 15 is 0 Å². The summed E-state index contributed by atoms with van der Waals surface area (Å²) in [6.45, 7) is 5.35. The molecule has 1 unspecified atom stereocenters. The third kappa shape index (κ3) is 3.46. The Morgan fingerprint density at radius 3 is 2.53 bits per heavy atom. The molecule has 0 radical (unpaired) electrons. The first kappa shape index (κ1) is 11.4. The van der Waals surface area contributed by atoms with E-state index in [0.717, 1.165) is 19.1 Å². The molecule has 0 spiro atoms. The molecule has 2 heteroatoms. The third-order valence-electron chi connectivity index (χ3n) is 4.01. The lowest BCUT2D eigenvalue weighted by Crippen LogP contribution is -2.45. The molecule has 0 amide bonds. The van der Waals surface area contributed by atoms with Crippen LogP contribution >= 0.6 is 0 Å². The molecular formula is C13H25NO. The fourth-order valence-electron chi connectivity index (χ4n) is 2.77. The molecule has 15 heavy (non-hydrogen) atoms. The molecule has 0 aromatic rings. The zero-order chi connectivity index (χ0) is 10.6. The van der Waals surface area contributed by atoms with Crippen LogP contribution in [0.5, 0.6) is 0 Å². The average molecular weight is 211 g/mol. The van der Waals surface area contributed by atoms with E-state index in [1.165, 1.54) is 51.5 Å². The van der Waals surface area contributed by atoms with Crippen LogP contribution in [0, 0.1) is 5.92 Å². The van der Waals surface area contributed by atoms with Crippen molar-refractivity contribution in [2.75, 3.05) is 19.8 Å². The smallest absolute Gasteiger partial charge is 0.0646 e. The highest BCUT2D eigenvalue weighted by Crippen LogP contribution is 2.24. The summed E-state index contributed by atoms with van der Waals surface area (Å²) in [5, 5.41) is 3.73. The van der Waals surface area contributed by atoms with Gasteiger partial charge in [0.25, 0.3) is 0 Å². The number of hydrogen-bond donors (Lipinski definition) is 1. The molecule has 1 N–H and O–H groups in total. The number of hydrogen-bond acceptors (Lipinski definition) is 2. The number of rotatable bonds is 3. The maximum atomic E-state index is 5.46. The van der Waals surface area contributed by atoms with Gasteiger partial charge in [-0.15, -0.1) is 0 Å². The van der Waals surface area contributed by atoms with Crippen molar-refractivity contribution in [1.29, 1.82) is 0 Å². The molecule has 0 bridgehead atoms.